The Morgan fingerprint density at radius 1 is 0.500 bits per heavy atom. The Kier molecular flexibility index (Phi) is 3.55. The number of aromatic amines is 6. The summed E-state index contributed by atoms with van der Waals surface area (Å²) in [5, 5.41) is 17.1. The maximum absolute atomic E-state index is 5.02. The minimum Gasteiger partial charge on any atom is -0.282 e. The molecule has 0 radical (unpaired) electrons. The van der Waals surface area contributed by atoms with Gasteiger partial charge in [-0.3, -0.25) is 30.6 Å². The fourth-order valence-corrected chi connectivity index (χ4v) is 2.69. The normalized spacial score (nSPS) is 11.0. The van der Waals surface area contributed by atoms with Gasteiger partial charge in [0.1, 0.15) is 0 Å². The standard InChI is InChI=1S/C12H9N9S3/c22-10-13-7(16-19-10)4-1-5(8-14-11(23)20-17-8)3-6(2-4)9-15-12(24)21-18-9/h1-3H,(H2,13,16,19,22)(H2,14,17,20,23)(H2,15,18,21,24). The average Bonchev–Trinajstić information content (AvgIpc) is 3.28. The summed E-state index contributed by atoms with van der Waals surface area (Å²) in [4.78, 5) is 12.7. The Morgan fingerprint density at radius 3 is 1.00 bits per heavy atom. The van der Waals surface area contributed by atoms with Crippen LogP contribution in [0, 0.1) is 14.3 Å². The van der Waals surface area contributed by atoms with Crippen LogP contribution in [0.25, 0.3) is 34.2 Å². The van der Waals surface area contributed by atoms with Crippen LogP contribution in [0.2, 0.25) is 0 Å². The zero-order chi connectivity index (χ0) is 16.7. The summed E-state index contributed by atoms with van der Waals surface area (Å²) >= 11 is 15.1. The molecule has 0 saturated carbocycles. The molecule has 0 atom stereocenters. The van der Waals surface area contributed by atoms with E-state index in [0.717, 1.165) is 16.7 Å². The fraction of sp³-hybridized carbons (Fsp3) is 0. The fourth-order valence-electron chi connectivity index (χ4n) is 2.26. The maximum atomic E-state index is 5.02. The van der Waals surface area contributed by atoms with Crippen LogP contribution in [0.5, 0.6) is 0 Å². The van der Waals surface area contributed by atoms with Gasteiger partial charge in [0.05, 0.1) is 0 Å². The van der Waals surface area contributed by atoms with E-state index in [1.807, 2.05) is 18.2 Å². The third-order valence-electron chi connectivity index (χ3n) is 3.26. The highest BCUT2D eigenvalue weighted by atomic mass is 32.1. The molecular formula is C12H9N9S3. The van der Waals surface area contributed by atoms with E-state index in [4.69, 9.17) is 36.7 Å². The molecule has 4 aromatic rings. The number of hydrogen-bond donors (Lipinski definition) is 6. The van der Waals surface area contributed by atoms with Crippen molar-refractivity contribution in [3.8, 4) is 34.2 Å². The monoisotopic (exact) mass is 375 g/mol. The molecule has 0 fully saturated rings. The lowest BCUT2D eigenvalue weighted by Crippen LogP contribution is -1.90. The van der Waals surface area contributed by atoms with Gasteiger partial charge in [-0.15, -0.1) is 0 Å². The van der Waals surface area contributed by atoms with Crippen molar-refractivity contribution in [3.63, 3.8) is 0 Å². The molecule has 12 heteroatoms. The highest BCUT2D eigenvalue weighted by Crippen LogP contribution is 2.28. The van der Waals surface area contributed by atoms with Crippen LogP contribution in [0.1, 0.15) is 0 Å². The van der Waals surface area contributed by atoms with Gasteiger partial charge in [-0.05, 0) is 54.9 Å². The number of aromatic nitrogens is 9. The summed E-state index contributed by atoms with van der Waals surface area (Å²) in [5.41, 5.74) is 2.42. The van der Waals surface area contributed by atoms with Crippen molar-refractivity contribution < 1.29 is 0 Å². The van der Waals surface area contributed by atoms with Crippen molar-refractivity contribution in [2.24, 2.45) is 0 Å². The smallest absolute Gasteiger partial charge is 0.213 e. The summed E-state index contributed by atoms with van der Waals surface area (Å²) in [5.74, 6) is 1.81. The Balaban J connectivity index is 1.95. The van der Waals surface area contributed by atoms with Gasteiger partial charge in [-0.1, -0.05) is 0 Å². The van der Waals surface area contributed by atoms with E-state index in [1.165, 1.54) is 0 Å². The average molecular weight is 375 g/mol. The second-order valence-corrected chi connectivity index (χ2v) is 6.01. The minimum absolute atomic E-state index is 0.371. The largest absolute Gasteiger partial charge is 0.282 e. The van der Waals surface area contributed by atoms with Crippen LogP contribution in [-0.4, -0.2) is 45.5 Å². The number of rotatable bonds is 3. The first-order chi connectivity index (χ1) is 11.6. The molecule has 0 aliphatic heterocycles. The summed E-state index contributed by atoms with van der Waals surface area (Å²) in [6.45, 7) is 0. The molecular weight excluding hydrogens is 366 g/mol. The molecule has 0 saturated heterocycles. The number of nitrogens with one attached hydrogen (secondary N) is 6. The first-order valence-electron chi connectivity index (χ1n) is 6.69. The summed E-state index contributed by atoms with van der Waals surface area (Å²) in [7, 11) is 0. The van der Waals surface area contributed by atoms with Gasteiger partial charge in [0.25, 0.3) is 0 Å². The van der Waals surface area contributed by atoms with E-state index >= 15 is 0 Å². The Bertz CT molecular complexity index is 1020. The van der Waals surface area contributed by atoms with E-state index in [1.54, 1.807) is 0 Å². The van der Waals surface area contributed by atoms with Gasteiger partial charge in [-0.2, -0.15) is 15.0 Å². The quantitative estimate of drug-likeness (QED) is 0.305. The number of hydrogen-bond acceptors (Lipinski definition) is 6. The van der Waals surface area contributed by atoms with Crippen LogP contribution in [0.15, 0.2) is 18.2 Å². The van der Waals surface area contributed by atoms with Crippen molar-refractivity contribution in [2.45, 2.75) is 0 Å². The van der Waals surface area contributed by atoms with Crippen LogP contribution in [-0.2, 0) is 0 Å². The van der Waals surface area contributed by atoms with E-state index in [0.29, 0.717) is 31.8 Å². The van der Waals surface area contributed by atoms with Gasteiger partial charge >= 0.3 is 0 Å². The molecule has 0 amide bonds. The first kappa shape index (κ1) is 14.9. The molecule has 0 aliphatic carbocycles. The summed E-state index contributed by atoms with van der Waals surface area (Å²) in [6, 6.07) is 5.73. The van der Waals surface area contributed by atoms with Crippen molar-refractivity contribution >= 4 is 36.7 Å². The van der Waals surface area contributed by atoms with Crippen molar-refractivity contribution in [2.75, 3.05) is 0 Å². The van der Waals surface area contributed by atoms with Gasteiger partial charge < -0.3 is 0 Å². The van der Waals surface area contributed by atoms with E-state index in [2.05, 4.69) is 45.5 Å². The van der Waals surface area contributed by atoms with E-state index in [-0.39, 0.29) is 0 Å². The highest BCUT2D eigenvalue weighted by Gasteiger charge is 2.12. The Labute approximate surface area is 149 Å². The first-order valence-corrected chi connectivity index (χ1v) is 7.91. The molecule has 4 rings (SSSR count). The SMILES string of the molecule is S=c1nc(-c2cc(-c3nc(=S)[nH][nH]3)cc(-c3nc(=S)[nH][nH]3)c2)[nH][nH]1. The van der Waals surface area contributed by atoms with Gasteiger partial charge in [0.2, 0.25) is 14.3 Å². The van der Waals surface area contributed by atoms with Gasteiger partial charge in [-0.25, -0.2) is 0 Å². The number of nitrogens with zero attached hydrogens (tertiary/aromatic N) is 3. The predicted octanol–water partition coefficient (Wildman–Crippen LogP) is 3.03. The molecule has 6 N–H and O–H groups in total. The number of benzene rings is 1. The van der Waals surface area contributed by atoms with E-state index in [9.17, 15) is 0 Å². The van der Waals surface area contributed by atoms with Crippen LogP contribution < -0.4 is 0 Å². The topological polar surface area (TPSA) is 133 Å². The molecule has 120 valence electrons. The molecule has 24 heavy (non-hydrogen) atoms. The van der Waals surface area contributed by atoms with Crippen molar-refractivity contribution in [3.05, 3.63) is 32.5 Å². The predicted molar refractivity (Wildman–Crippen MR) is 94.7 cm³/mol. The highest BCUT2D eigenvalue weighted by molar-refractivity contribution is 7.71. The zero-order valence-electron chi connectivity index (χ0n) is 11.8. The van der Waals surface area contributed by atoms with Crippen molar-refractivity contribution in [1.82, 2.24) is 45.5 Å². The second kappa shape index (κ2) is 5.74. The zero-order valence-corrected chi connectivity index (χ0v) is 14.2. The molecule has 3 heterocycles. The van der Waals surface area contributed by atoms with Gasteiger partial charge in [0.15, 0.2) is 17.5 Å². The molecule has 0 spiro atoms. The lowest BCUT2D eigenvalue weighted by molar-refractivity contribution is 1.08. The van der Waals surface area contributed by atoms with Crippen LogP contribution in [0.4, 0.5) is 0 Å². The summed E-state index contributed by atoms with van der Waals surface area (Å²) < 4.78 is 1.11. The Hall–Kier alpha value is -2.70. The minimum atomic E-state index is 0.371. The van der Waals surface area contributed by atoms with Crippen LogP contribution in [0.3, 0.4) is 0 Å². The van der Waals surface area contributed by atoms with Gasteiger partial charge in [0, 0.05) is 16.7 Å². The number of H-pyrrole nitrogens is 6. The third kappa shape index (κ3) is 2.77. The second-order valence-electron chi connectivity index (χ2n) is 4.85. The molecule has 1 aromatic carbocycles. The third-order valence-corrected chi connectivity index (χ3v) is 3.84. The molecule has 0 bridgehead atoms. The van der Waals surface area contributed by atoms with E-state index < -0.39 is 0 Å². The lowest BCUT2D eigenvalue weighted by atomic mass is 10.0. The maximum Gasteiger partial charge on any atom is 0.213 e. The van der Waals surface area contributed by atoms with Crippen molar-refractivity contribution in [1.29, 1.82) is 0 Å². The summed E-state index contributed by atoms with van der Waals surface area (Å²) in [6.07, 6.45) is 0. The molecule has 3 aromatic heterocycles. The van der Waals surface area contributed by atoms with Crippen LogP contribution >= 0.6 is 36.7 Å². The molecule has 0 unspecified atom stereocenters. The lowest BCUT2D eigenvalue weighted by Gasteiger charge is -2.05. The molecule has 0 aliphatic rings. The molecule has 9 nitrogen and oxygen atoms in total. The Morgan fingerprint density at radius 2 is 0.792 bits per heavy atom.